The lowest BCUT2D eigenvalue weighted by atomic mass is 10.1. The van der Waals surface area contributed by atoms with E-state index in [2.05, 4.69) is 4.90 Å². The van der Waals surface area contributed by atoms with Gasteiger partial charge in [0, 0.05) is 39.3 Å². The van der Waals surface area contributed by atoms with Crippen LogP contribution in [0.1, 0.15) is 30.6 Å². The van der Waals surface area contributed by atoms with Crippen LogP contribution in [0.5, 0.6) is 0 Å². The Balaban J connectivity index is 2.19. The van der Waals surface area contributed by atoms with Crippen molar-refractivity contribution in [1.29, 1.82) is 0 Å². The molecule has 10 heteroatoms. The standard InChI is InChI=1S/C19H30N4O5S/c1-4-22(5-2)18(24)14-21-9-6-10-23(12-11-21)17-8-7-15(29(20,26)27)13-16(17)19(25)28-3/h7-8,13H,4-6,9-12,14H2,1-3H3,(H2,20,26,27). The SMILES string of the molecule is CCN(CC)C(=O)CN1CCCN(c2ccc(S(N)(=O)=O)cc2C(=O)OC)CC1. The minimum atomic E-state index is -3.93. The number of hydrogen-bond donors (Lipinski definition) is 1. The van der Waals surface area contributed by atoms with E-state index in [1.165, 1.54) is 19.2 Å². The normalized spacial score (nSPS) is 15.7. The highest BCUT2D eigenvalue weighted by Gasteiger charge is 2.24. The van der Waals surface area contributed by atoms with Crippen LogP contribution in [0.2, 0.25) is 0 Å². The molecule has 0 aromatic heterocycles. The summed E-state index contributed by atoms with van der Waals surface area (Å²) in [5, 5.41) is 5.20. The number of benzene rings is 1. The summed E-state index contributed by atoms with van der Waals surface area (Å²) in [6.45, 7) is 8.37. The van der Waals surface area contributed by atoms with Gasteiger partial charge in [0.25, 0.3) is 0 Å². The summed E-state index contributed by atoms with van der Waals surface area (Å²) in [6.07, 6.45) is 0.809. The number of carbonyl (C=O) groups is 2. The van der Waals surface area contributed by atoms with Crippen LogP contribution in [0.15, 0.2) is 23.1 Å². The van der Waals surface area contributed by atoms with E-state index in [9.17, 15) is 18.0 Å². The van der Waals surface area contributed by atoms with Gasteiger partial charge in [-0.25, -0.2) is 18.4 Å². The third kappa shape index (κ3) is 5.91. The lowest BCUT2D eigenvalue weighted by Gasteiger charge is -2.26. The average molecular weight is 427 g/mol. The molecule has 1 aromatic rings. The van der Waals surface area contributed by atoms with Crippen LogP contribution in [0.25, 0.3) is 0 Å². The number of nitrogens with two attached hydrogens (primary N) is 1. The Morgan fingerprint density at radius 3 is 2.41 bits per heavy atom. The van der Waals surface area contributed by atoms with E-state index in [4.69, 9.17) is 9.88 Å². The molecule has 9 nitrogen and oxygen atoms in total. The number of anilines is 1. The first-order valence-electron chi connectivity index (χ1n) is 9.71. The first-order chi connectivity index (χ1) is 13.7. The average Bonchev–Trinajstić information content (AvgIpc) is 2.92. The summed E-state index contributed by atoms with van der Waals surface area (Å²) in [6, 6.07) is 4.23. The number of methoxy groups -OCH3 is 1. The Bertz CT molecular complexity index is 839. The highest BCUT2D eigenvalue weighted by atomic mass is 32.2. The molecule has 0 bridgehead atoms. The Morgan fingerprint density at radius 1 is 1.14 bits per heavy atom. The summed E-state index contributed by atoms with van der Waals surface area (Å²) in [5.74, 6) is -0.514. The fourth-order valence-corrected chi connectivity index (χ4v) is 4.02. The Morgan fingerprint density at radius 2 is 1.83 bits per heavy atom. The number of amides is 1. The second-order valence-corrected chi connectivity index (χ2v) is 8.46. The van der Waals surface area contributed by atoms with E-state index >= 15 is 0 Å². The smallest absolute Gasteiger partial charge is 0.340 e. The number of nitrogens with zero attached hydrogens (tertiary/aromatic N) is 3. The zero-order valence-electron chi connectivity index (χ0n) is 17.3. The number of rotatable bonds is 7. The van der Waals surface area contributed by atoms with Gasteiger partial charge in [-0.05, 0) is 38.5 Å². The lowest BCUT2D eigenvalue weighted by molar-refractivity contribution is -0.132. The molecular formula is C19H30N4O5S. The number of carbonyl (C=O) groups excluding carboxylic acids is 2. The molecular weight excluding hydrogens is 396 g/mol. The van der Waals surface area contributed by atoms with E-state index in [1.807, 2.05) is 23.6 Å². The van der Waals surface area contributed by atoms with E-state index < -0.39 is 16.0 Å². The number of esters is 1. The van der Waals surface area contributed by atoms with E-state index in [0.29, 0.717) is 45.0 Å². The molecule has 29 heavy (non-hydrogen) atoms. The molecule has 162 valence electrons. The Hall–Kier alpha value is -2.17. The van der Waals surface area contributed by atoms with Gasteiger partial charge in [0.2, 0.25) is 15.9 Å². The van der Waals surface area contributed by atoms with Gasteiger partial charge in [0.1, 0.15) is 0 Å². The van der Waals surface area contributed by atoms with Crippen molar-refractivity contribution >= 4 is 27.6 Å². The quantitative estimate of drug-likeness (QED) is 0.632. The van der Waals surface area contributed by atoms with Gasteiger partial charge >= 0.3 is 5.97 Å². The summed E-state index contributed by atoms with van der Waals surface area (Å²) in [4.78, 5) is 30.4. The van der Waals surface area contributed by atoms with Crippen LogP contribution in [0, 0.1) is 0 Å². The van der Waals surface area contributed by atoms with Crippen molar-refractivity contribution in [2.75, 3.05) is 57.8 Å². The van der Waals surface area contributed by atoms with Crippen molar-refractivity contribution in [2.24, 2.45) is 5.14 Å². The molecule has 0 aliphatic carbocycles. The Kier molecular flexibility index (Phi) is 8.00. The molecule has 2 N–H and O–H groups in total. The van der Waals surface area contributed by atoms with Crippen LogP contribution >= 0.6 is 0 Å². The van der Waals surface area contributed by atoms with Crippen molar-refractivity contribution in [3.63, 3.8) is 0 Å². The first kappa shape index (κ1) is 23.1. The second-order valence-electron chi connectivity index (χ2n) is 6.90. The van der Waals surface area contributed by atoms with Crippen molar-refractivity contribution in [3.05, 3.63) is 23.8 Å². The lowest BCUT2D eigenvalue weighted by Crippen LogP contribution is -2.41. The molecule has 1 aliphatic heterocycles. The largest absolute Gasteiger partial charge is 0.465 e. The molecule has 1 aromatic carbocycles. The number of hydrogen-bond acceptors (Lipinski definition) is 7. The van der Waals surface area contributed by atoms with Gasteiger partial charge < -0.3 is 14.5 Å². The van der Waals surface area contributed by atoms with Crippen molar-refractivity contribution in [2.45, 2.75) is 25.2 Å². The maximum Gasteiger partial charge on any atom is 0.340 e. The van der Waals surface area contributed by atoms with E-state index in [0.717, 1.165) is 13.0 Å². The molecule has 1 amide bonds. The van der Waals surface area contributed by atoms with Gasteiger partial charge in [-0.1, -0.05) is 0 Å². The monoisotopic (exact) mass is 426 g/mol. The van der Waals surface area contributed by atoms with Crippen molar-refractivity contribution in [1.82, 2.24) is 9.80 Å². The fourth-order valence-electron chi connectivity index (χ4n) is 3.48. The molecule has 1 fully saturated rings. The predicted octanol–water partition coefficient (Wildman–Crippen LogP) is 0.501. The molecule has 0 spiro atoms. The van der Waals surface area contributed by atoms with E-state index in [-0.39, 0.29) is 16.4 Å². The highest BCUT2D eigenvalue weighted by molar-refractivity contribution is 7.89. The number of ether oxygens (including phenoxy) is 1. The molecule has 2 rings (SSSR count). The number of likely N-dealkylation sites (N-methyl/N-ethyl adjacent to an activating group) is 1. The third-order valence-corrected chi connectivity index (χ3v) is 6.02. The maximum absolute atomic E-state index is 12.4. The predicted molar refractivity (Wildman–Crippen MR) is 110 cm³/mol. The molecule has 1 saturated heterocycles. The zero-order valence-corrected chi connectivity index (χ0v) is 18.1. The maximum atomic E-state index is 12.4. The first-order valence-corrected chi connectivity index (χ1v) is 11.3. The summed E-state index contributed by atoms with van der Waals surface area (Å²) in [7, 11) is -2.69. The Labute approximate surface area is 172 Å². The summed E-state index contributed by atoms with van der Waals surface area (Å²) in [5.41, 5.74) is 0.757. The third-order valence-electron chi connectivity index (χ3n) is 5.11. The molecule has 1 aliphatic rings. The van der Waals surface area contributed by atoms with Crippen molar-refractivity contribution < 1.29 is 22.7 Å². The molecule has 1 heterocycles. The van der Waals surface area contributed by atoms with Gasteiger partial charge in [-0.15, -0.1) is 0 Å². The van der Waals surface area contributed by atoms with Crippen molar-refractivity contribution in [3.8, 4) is 0 Å². The van der Waals surface area contributed by atoms with Gasteiger partial charge in [-0.2, -0.15) is 0 Å². The van der Waals surface area contributed by atoms with Gasteiger partial charge in [0.15, 0.2) is 0 Å². The van der Waals surface area contributed by atoms with Crippen LogP contribution < -0.4 is 10.0 Å². The topological polar surface area (TPSA) is 113 Å². The van der Waals surface area contributed by atoms with Crippen LogP contribution in [0.3, 0.4) is 0 Å². The molecule has 0 radical (unpaired) electrons. The van der Waals surface area contributed by atoms with Gasteiger partial charge in [0.05, 0.1) is 29.8 Å². The second kappa shape index (κ2) is 10.0. The van der Waals surface area contributed by atoms with Gasteiger partial charge in [-0.3, -0.25) is 9.69 Å². The molecule has 0 atom stereocenters. The minimum Gasteiger partial charge on any atom is -0.465 e. The van der Waals surface area contributed by atoms with Crippen LogP contribution in [0.4, 0.5) is 5.69 Å². The van der Waals surface area contributed by atoms with Crippen LogP contribution in [-0.2, 0) is 19.6 Å². The molecule has 0 unspecified atom stereocenters. The zero-order chi connectivity index (χ0) is 21.6. The highest BCUT2D eigenvalue weighted by Crippen LogP contribution is 2.26. The summed E-state index contributed by atoms with van der Waals surface area (Å²) >= 11 is 0. The molecule has 0 saturated carbocycles. The van der Waals surface area contributed by atoms with Crippen LogP contribution in [-0.4, -0.2) is 83.0 Å². The van der Waals surface area contributed by atoms with E-state index in [1.54, 1.807) is 6.07 Å². The fraction of sp³-hybridized carbons (Fsp3) is 0.579. The summed E-state index contributed by atoms with van der Waals surface area (Å²) < 4.78 is 28.1. The number of sulfonamides is 1. The minimum absolute atomic E-state index is 0.108. The number of primary sulfonamides is 1.